The molecule has 3 heterocycles. The number of fused-ring (bicyclic) bond motifs is 1. The molecule has 3 aromatic rings. The molecule has 0 amide bonds. The lowest BCUT2D eigenvalue weighted by Crippen LogP contribution is -2.05. The molecule has 0 atom stereocenters. The summed E-state index contributed by atoms with van der Waals surface area (Å²) < 4.78 is 0. The SMILES string of the molecule is O=c1[nH]cnc2nc(-c3cccnc3)[nH]c12. The van der Waals surface area contributed by atoms with Crippen LogP contribution >= 0.6 is 0 Å². The summed E-state index contributed by atoms with van der Waals surface area (Å²) in [4.78, 5) is 29.0. The second kappa shape index (κ2) is 3.27. The topological polar surface area (TPSA) is 87.3 Å². The van der Waals surface area contributed by atoms with Crippen LogP contribution < -0.4 is 5.56 Å². The van der Waals surface area contributed by atoms with Crippen LogP contribution in [0.1, 0.15) is 0 Å². The zero-order valence-corrected chi connectivity index (χ0v) is 8.14. The van der Waals surface area contributed by atoms with E-state index in [1.807, 2.05) is 6.07 Å². The normalized spacial score (nSPS) is 10.8. The Bertz CT molecular complexity index is 685. The Morgan fingerprint density at radius 2 is 2.25 bits per heavy atom. The molecule has 0 aliphatic rings. The standard InChI is InChI=1S/C10H7N5O/c16-10-7-9(12-5-13-10)15-8(14-7)6-2-1-3-11-4-6/h1-5H,(H2,12,13,14,15,16). The van der Waals surface area contributed by atoms with Crippen molar-refractivity contribution in [3.63, 3.8) is 0 Å². The van der Waals surface area contributed by atoms with E-state index in [0.717, 1.165) is 5.56 Å². The molecule has 3 aromatic heterocycles. The first-order valence-electron chi connectivity index (χ1n) is 4.68. The second-order valence-corrected chi connectivity index (χ2v) is 3.26. The number of hydrogen-bond acceptors (Lipinski definition) is 4. The molecule has 0 unspecified atom stereocenters. The van der Waals surface area contributed by atoms with Gasteiger partial charge in [-0.05, 0) is 12.1 Å². The van der Waals surface area contributed by atoms with Gasteiger partial charge in [0.2, 0.25) is 0 Å². The van der Waals surface area contributed by atoms with Crippen LogP contribution in [0.2, 0.25) is 0 Å². The average Bonchev–Trinajstić information content (AvgIpc) is 2.76. The number of H-pyrrole nitrogens is 2. The summed E-state index contributed by atoms with van der Waals surface area (Å²) >= 11 is 0. The Balaban J connectivity index is 2.28. The van der Waals surface area contributed by atoms with Crippen molar-refractivity contribution in [1.82, 2.24) is 24.9 Å². The van der Waals surface area contributed by atoms with Crippen molar-refractivity contribution in [1.29, 1.82) is 0 Å². The maximum Gasteiger partial charge on any atom is 0.276 e. The molecule has 2 N–H and O–H groups in total. The molecule has 78 valence electrons. The minimum atomic E-state index is -0.229. The summed E-state index contributed by atoms with van der Waals surface area (Å²) in [5.41, 5.74) is 1.37. The third kappa shape index (κ3) is 1.28. The van der Waals surface area contributed by atoms with Gasteiger partial charge in [0.25, 0.3) is 5.56 Å². The molecular formula is C10H7N5O. The summed E-state index contributed by atoms with van der Waals surface area (Å²) in [5.74, 6) is 0.590. The Hall–Kier alpha value is -2.50. The molecule has 0 saturated carbocycles. The number of rotatable bonds is 1. The third-order valence-corrected chi connectivity index (χ3v) is 2.23. The average molecular weight is 213 g/mol. The maximum absolute atomic E-state index is 11.4. The summed E-state index contributed by atoms with van der Waals surface area (Å²) in [7, 11) is 0. The highest BCUT2D eigenvalue weighted by Crippen LogP contribution is 2.15. The van der Waals surface area contributed by atoms with E-state index in [1.165, 1.54) is 6.33 Å². The molecule has 0 bridgehead atoms. The fourth-order valence-corrected chi connectivity index (χ4v) is 1.48. The van der Waals surface area contributed by atoms with E-state index in [0.29, 0.717) is 17.0 Å². The molecule has 3 rings (SSSR count). The van der Waals surface area contributed by atoms with Crippen LogP contribution in [0.25, 0.3) is 22.6 Å². The zero-order valence-electron chi connectivity index (χ0n) is 8.14. The minimum Gasteiger partial charge on any atom is -0.332 e. The quantitative estimate of drug-likeness (QED) is 0.623. The first-order valence-corrected chi connectivity index (χ1v) is 4.68. The smallest absolute Gasteiger partial charge is 0.276 e. The largest absolute Gasteiger partial charge is 0.332 e. The van der Waals surface area contributed by atoms with Crippen molar-refractivity contribution in [3.05, 3.63) is 41.2 Å². The predicted octanol–water partition coefficient (Wildman–Crippen LogP) is 0.708. The van der Waals surface area contributed by atoms with Crippen LogP contribution in [0, 0.1) is 0 Å². The van der Waals surface area contributed by atoms with Crippen LogP contribution in [0.15, 0.2) is 35.6 Å². The lowest BCUT2D eigenvalue weighted by atomic mass is 10.3. The zero-order chi connectivity index (χ0) is 11.0. The van der Waals surface area contributed by atoms with Crippen molar-refractivity contribution in [2.75, 3.05) is 0 Å². The monoisotopic (exact) mass is 213 g/mol. The molecule has 0 aliphatic carbocycles. The number of hydrogen-bond donors (Lipinski definition) is 2. The van der Waals surface area contributed by atoms with Gasteiger partial charge in [0, 0.05) is 18.0 Å². The van der Waals surface area contributed by atoms with Gasteiger partial charge in [0.15, 0.2) is 11.2 Å². The Kier molecular flexibility index (Phi) is 1.79. The summed E-state index contributed by atoms with van der Waals surface area (Å²) in [6.07, 6.45) is 4.68. The van der Waals surface area contributed by atoms with Gasteiger partial charge in [-0.3, -0.25) is 9.78 Å². The first kappa shape index (κ1) is 8.78. The number of aromatic amines is 2. The van der Waals surface area contributed by atoms with Crippen molar-refractivity contribution in [2.24, 2.45) is 0 Å². The number of nitrogens with zero attached hydrogens (tertiary/aromatic N) is 3. The third-order valence-electron chi connectivity index (χ3n) is 2.23. The van der Waals surface area contributed by atoms with Gasteiger partial charge in [-0.15, -0.1) is 0 Å². The maximum atomic E-state index is 11.4. The molecule has 0 aliphatic heterocycles. The van der Waals surface area contributed by atoms with Crippen molar-refractivity contribution >= 4 is 11.2 Å². The van der Waals surface area contributed by atoms with Gasteiger partial charge >= 0.3 is 0 Å². The van der Waals surface area contributed by atoms with Crippen LogP contribution in [-0.4, -0.2) is 24.9 Å². The van der Waals surface area contributed by atoms with Gasteiger partial charge in [-0.25, -0.2) is 9.97 Å². The predicted molar refractivity (Wildman–Crippen MR) is 57.7 cm³/mol. The molecular weight excluding hydrogens is 206 g/mol. The van der Waals surface area contributed by atoms with Gasteiger partial charge < -0.3 is 9.97 Å². The van der Waals surface area contributed by atoms with Crippen LogP contribution in [0.5, 0.6) is 0 Å². The van der Waals surface area contributed by atoms with Crippen LogP contribution in [-0.2, 0) is 0 Å². The molecule has 0 radical (unpaired) electrons. The van der Waals surface area contributed by atoms with E-state index >= 15 is 0 Å². The molecule has 16 heavy (non-hydrogen) atoms. The lowest BCUT2D eigenvalue weighted by molar-refractivity contribution is 1.15. The number of nitrogens with one attached hydrogen (secondary N) is 2. The van der Waals surface area contributed by atoms with Crippen molar-refractivity contribution in [2.45, 2.75) is 0 Å². The highest BCUT2D eigenvalue weighted by Gasteiger charge is 2.07. The van der Waals surface area contributed by atoms with E-state index in [-0.39, 0.29) is 5.56 Å². The van der Waals surface area contributed by atoms with Crippen LogP contribution in [0.3, 0.4) is 0 Å². The van der Waals surface area contributed by atoms with E-state index in [4.69, 9.17) is 0 Å². The first-order chi connectivity index (χ1) is 7.84. The van der Waals surface area contributed by atoms with E-state index < -0.39 is 0 Å². The van der Waals surface area contributed by atoms with Crippen LogP contribution in [0.4, 0.5) is 0 Å². The fraction of sp³-hybridized carbons (Fsp3) is 0. The molecule has 0 fully saturated rings. The number of pyridine rings is 1. The van der Waals surface area contributed by atoms with E-state index in [2.05, 4.69) is 24.9 Å². The van der Waals surface area contributed by atoms with Gasteiger partial charge in [-0.2, -0.15) is 0 Å². The number of imidazole rings is 1. The summed E-state index contributed by atoms with van der Waals surface area (Å²) in [6, 6.07) is 3.67. The number of aromatic nitrogens is 5. The Morgan fingerprint density at radius 3 is 3.00 bits per heavy atom. The molecule has 0 aromatic carbocycles. The Morgan fingerprint density at radius 1 is 1.31 bits per heavy atom. The molecule has 6 nitrogen and oxygen atoms in total. The lowest BCUT2D eigenvalue weighted by Gasteiger charge is -1.92. The Labute approximate surface area is 89.4 Å². The summed E-state index contributed by atoms with van der Waals surface area (Å²) in [5, 5.41) is 0. The highest BCUT2D eigenvalue weighted by molar-refractivity contribution is 5.74. The van der Waals surface area contributed by atoms with Gasteiger partial charge in [0.1, 0.15) is 5.82 Å². The van der Waals surface area contributed by atoms with E-state index in [9.17, 15) is 4.79 Å². The van der Waals surface area contributed by atoms with E-state index in [1.54, 1.807) is 18.5 Å². The minimum absolute atomic E-state index is 0.229. The molecule has 6 heteroatoms. The molecule has 0 spiro atoms. The van der Waals surface area contributed by atoms with Crippen molar-refractivity contribution in [3.8, 4) is 11.4 Å². The summed E-state index contributed by atoms with van der Waals surface area (Å²) in [6.45, 7) is 0. The molecule has 0 saturated heterocycles. The fourth-order valence-electron chi connectivity index (χ4n) is 1.48. The van der Waals surface area contributed by atoms with Crippen molar-refractivity contribution < 1.29 is 0 Å². The second-order valence-electron chi connectivity index (χ2n) is 3.26. The highest BCUT2D eigenvalue weighted by atomic mass is 16.1. The van der Waals surface area contributed by atoms with Gasteiger partial charge in [-0.1, -0.05) is 0 Å². The van der Waals surface area contributed by atoms with Gasteiger partial charge in [0.05, 0.1) is 6.33 Å².